The zero-order valence-corrected chi connectivity index (χ0v) is 45.1. The molecule has 0 aliphatic carbocycles. The SMILES string of the molecule is CCCCC/C=C\CCCCCCCC(=O)OCCCCCCCCC/C=C\CCCCCCCC(=O)NC(CO)C(O)CCCCCCCCCCCCCCCCCCCCCCCC. The van der Waals surface area contributed by atoms with E-state index in [1.54, 1.807) is 0 Å². The van der Waals surface area contributed by atoms with Crippen LogP contribution in [0.25, 0.3) is 0 Å². The number of allylic oxidation sites excluding steroid dienone is 4. The second-order valence-electron chi connectivity index (χ2n) is 20.7. The average molecular weight is 945 g/mol. The van der Waals surface area contributed by atoms with Crippen molar-refractivity contribution < 1.29 is 24.5 Å². The molecular weight excluding hydrogens is 827 g/mol. The minimum atomic E-state index is -0.676. The zero-order valence-electron chi connectivity index (χ0n) is 45.1. The molecule has 2 unspecified atom stereocenters. The number of rotatable bonds is 56. The van der Waals surface area contributed by atoms with Crippen LogP contribution in [0.1, 0.15) is 328 Å². The van der Waals surface area contributed by atoms with Gasteiger partial charge in [0.25, 0.3) is 0 Å². The van der Waals surface area contributed by atoms with Gasteiger partial charge in [-0.05, 0) is 77.0 Å². The van der Waals surface area contributed by atoms with E-state index >= 15 is 0 Å². The molecule has 0 radical (unpaired) electrons. The Balaban J connectivity index is 3.47. The van der Waals surface area contributed by atoms with Crippen LogP contribution >= 0.6 is 0 Å². The molecule has 0 rings (SSSR count). The number of aliphatic hydroxyl groups is 2. The molecule has 67 heavy (non-hydrogen) atoms. The van der Waals surface area contributed by atoms with Crippen LogP contribution < -0.4 is 5.32 Å². The lowest BCUT2D eigenvalue weighted by Crippen LogP contribution is -2.45. The number of hydrogen-bond donors (Lipinski definition) is 3. The quantitative estimate of drug-likeness (QED) is 0.0321. The Morgan fingerprint density at radius 1 is 0.403 bits per heavy atom. The fraction of sp³-hybridized carbons (Fsp3) is 0.902. The summed E-state index contributed by atoms with van der Waals surface area (Å²) >= 11 is 0. The van der Waals surface area contributed by atoms with Crippen LogP contribution in [0.15, 0.2) is 24.3 Å². The third-order valence-electron chi connectivity index (χ3n) is 14.0. The van der Waals surface area contributed by atoms with Crippen molar-refractivity contribution in [1.82, 2.24) is 5.32 Å². The summed E-state index contributed by atoms with van der Waals surface area (Å²) in [5, 5.41) is 23.3. The Morgan fingerprint density at radius 2 is 0.701 bits per heavy atom. The first-order chi connectivity index (χ1) is 33.0. The summed E-state index contributed by atoms with van der Waals surface area (Å²) in [7, 11) is 0. The Kier molecular flexibility index (Phi) is 55.5. The van der Waals surface area contributed by atoms with Crippen LogP contribution in [-0.2, 0) is 14.3 Å². The van der Waals surface area contributed by atoms with Crippen LogP contribution in [0.5, 0.6) is 0 Å². The molecule has 0 aromatic rings. The molecule has 0 saturated heterocycles. The number of amides is 1. The molecule has 0 aliphatic rings. The van der Waals surface area contributed by atoms with Crippen molar-refractivity contribution in [1.29, 1.82) is 0 Å². The monoisotopic (exact) mass is 944 g/mol. The van der Waals surface area contributed by atoms with Gasteiger partial charge < -0.3 is 20.3 Å². The van der Waals surface area contributed by atoms with Crippen LogP contribution in [0.2, 0.25) is 0 Å². The molecule has 0 aromatic carbocycles. The van der Waals surface area contributed by atoms with Crippen LogP contribution in [0, 0.1) is 0 Å². The minimum Gasteiger partial charge on any atom is -0.466 e. The largest absolute Gasteiger partial charge is 0.466 e. The number of carbonyl (C=O) groups excluding carboxylic acids is 2. The summed E-state index contributed by atoms with van der Waals surface area (Å²) in [6, 6.07) is -0.555. The molecule has 6 heteroatoms. The normalized spacial score (nSPS) is 12.7. The second kappa shape index (κ2) is 56.9. The van der Waals surface area contributed by atoms with E-state index in [0.717, 1.165) is 64.2 Å². The van der Waals surface area contributed by atoms with E-state index in [0.29, 0.717) is 25.9 Å². The van der Waals surface area contributed by atoms with Crippen molar-refractivity contribution in [2.45, 2.75) is 341 Å². The highest BCUT2D eigenvalue weighted by atomic mass is 16.5. The number of carbonyl (C=O) groups is 2. The van der Waals surface area contributed by atoms with E-state index in [1.165, 1.54) is 231 Å². The molecule has 0 aliphatic heterocycles. The molecular formula is C61H117NO5. The molecule has 396 valence electrons. The fourth-order valence-corrected chi connectivity index (χ4v) is 9.34. The number of unbranched alkanes of at least 4 members (excludes halogenated alkanes) is 41. The molecule has 0 aromatic heterocycles. The lowest BCUT2D eigenvalue weighted by molar-refractivity contribution is -0.143. The summed E-state index contributed by atoms with van der Waals surface area (Å²) in [5.74, 6) is -0.0617. The maximum absolute atomic E-state index is 12.5. The molecule has 3 N–H and O–H groups in total. The van der Waals surface area contributed by atoms with Crippen molar-refractivity contribution in [3.8, 4) is 0 Å². The predicted molar refractivity (Wildman–Crippen MR) is 292 cm³/mol. The molecule has 0 heterocycles. The number of hydrogen-bond acceptors (Lipinski definition) is 5. The van der Waals surface area contributed by atoms with Crippen LogP contribution in [0.3, 0.4) is 0 Å². The number of esters is 1. The maximum atomic E-state index is 12.5. The Labute approximate surface area is 418 Å². The minimum absolute atomic E-state index is 0.0124. The van der Waals surface area contributed by atoms with Gasteiger partial charge in [-0.25, -0.2) is 0 Å². The summed E-state index contributed by atoms with van der Waals surface area (Å²) in [4.78, 5) is 24.5. The van der Waals surface area contributed by atoms with Crippen molar-refractivity contribution in [2.24, 2.45) is 0 Å². The van der Waals surface area contributed by atoms with Gasteiger partial charge in [-0.2, -0.15) is 0 Å². The third-order valence-corrected chi connectivity index (χ3v) is 14.0. The summed E-state index contributed by atoms with van der Waals surface area (Å²) < 4.78 is 5.45. The first-order valence-electron chi connectivity index (χ1n) is 30.1. The Morgan fingerprint density at radius 3 is 1.09 bits per heavy atom. The Hall–Kier alpha value is -1.66. The van der Waals surface area contributed by atoms with E-state index in [1.807, 2.05) is 0 Å². The van der Waals surface area contributed by atoms with Gasteiger partial charge in [-0.1, -0.05) is 263 Å². The molecule has 0 spiro atoms. The molecule has 6 nitrogen and oxygen atoms in total. The highest BCUT2D eigenvalue weighted by Crippen LogP contribution is 2.17. The standard InChI is InChI=1S/C61H117NO5/c1-3-5-7-9-11-13-15-17-18-19-20-21-22-23-24-27-30-33-37-41-45-49-53-59(64)58(57-63)62-60(65)54-50-46-42-38-34-31-28-25-26-29-32-36-40-44-48-52-56-67-61(66)55-51-47-43-39-35-16-14-12-10-8-6-4-2/h12,14,25,28,58-59,63-64H,3-11,13,15-24,26-27,29-57H2,1-2H3,(H,62,65)/b14-12-,28-25-. The highest BCUT2D eigenvalue weighted by Gasteiger charge is 2.20. The van der Waals surface area contributed by atoms with Crippen molar-refractivity contribution in [3.63, 3.8) is 0 Å². The molecule has 0 fully saturated rings. The smallest absolute Gasteiger partial charge is 0.305 e. The van der Waals surface area contributed by atoms with Crippen molar-refractivity contribution in [2.75, 3.05) is 13.2 Å². The fourth-order valence-electron chi connectivity index (χ4n) is 9.34. The number of aliphatic hydroxyl groups excluding tert-OH is 2. The van der Waals surface area contributed by atoms with Gasteiger partial charge in [0.1, 0.15) is 0 Å². The van der Waals surface area contributed by atoms with E-state index in [4.69, 9.17) is 4.74 Å². The van der Waals surface area contributed by atoms with Gasteiger partial charge in [0.2, 0.25) is 5.91 Å². The first kappa shape index (κ1) is 65.3. The van der Waals surface area contributed by atoms with E-state index in [-0.39, 0.29) is 18.5 Å². The summed E-state index contributed by atoms with van der Waals surface area (Å²) in [6.07, 6.45) is 68.9. The summed E-state index contributed by atoms with van der Waals surface area (Å²) in [5.41, 5.74) is 0. The van der Waals surface area contributed by atoms with Crippen LogP contribution in [0.4, 0.5) is 0 Å². The first-order valence-corrected chi connectivity index (χ1v) is 30.1. The highest BCUT2D eigenvalue weighted by molar-refractivity contribution is 5.76. The lowest BCUT2D eigenvalue weighted by atomic mass is 10.0. The predicted octanol–water partition coefficient (Wildman–Crippen LogP) is 18.6. The van der Waals surface area contributed by atoms with Gasteiger partial charge in [0.05, 0.1) is 25.4 Å². The molecule has 2 atom stereocenters. The van der Waals surface area contributed by atoms with E-state index < -0.39 is 12.1 Å². The third kappa shape index (κ3) is 53.5. The zero-order chi connectivity index (χ0) is 48.6. The van der Waals surface area contributed by atoms with E-state index in [9.17, 15) is 19.8 Å². The molecule has 0 bridgehead atoms. The van der Waals surface area contributed by atoms with Crippen molar-refractivity contribution in [3.05, 3.63) is 24.3 Å². The van der Waals surface area contributed by atoms with Gasteiger partial charge in [0.15, 0.2) is 0 Å². The maximum Gasteiger partial charge on any atom is 0.305 e. The summed E-state index contributed by atoms with van der Waals surface area (Å²) in [6.45, 7) is 4.92. The second-order valence-corrected chi connectivity index (χ2v) is 20.7. The lowest BCUT2D eigenvalue weighted by Gasteiger charge is -2.22. The van der Waals surface area contributed by atoms with Crippen LogP contribution in [-0.4, -0.2) is 47.4 Å². The van der Waals surface area contributed by atoms with Crippen molar-refractivity contribution >= 4 is 11.9 Å². The van der Waals surface area contributed by atoms with E-state index in [2.05, 4.69) is 43.5 Å². The molecule has 0 saturated carbocycles. The van der Waals surface area contributed by atoms with Gasteiger partial charge in [-0.3, -0.25) is 9.59 Å². The Bertz CT molecular complexity index is 1040. The van der Waals surface area contributed by atoms with Gasteiger partial charge in [-0.15, -0.1) is 0 Å². The van der Waals surface area contributed by atoms with Gasteiger partial charge in [0, 0.05) is 12.8 Å². The topological polar surface area (TPSA) is 95.9 Å². The van der Waals surface area contributed by atoms with Gasteiger partial charge >= 0.3 is 5.97 Å². The number of ether oxygens (including phenoxy) is 1. The number of nitrogens with one attached hydrogen (secondary N) is 1. The molecule has 1 amide bonds. The average Bonchev–Trinajstić information content (AvgIpc) is 3.33.